The first-order valence-electron chi connectivity index (χ1n) is 12.7. The van der Waals surface area contributed by atoms with Crippen LogP contribution in [0.2, 0.25) is 10.0 Å². The molecule has 0 heterocycles. The second-order valence-electron chi connectivity index (χ2n) is 8.78. The van der Waals surface area contributed by atoms with Gasteiger partial charge in [-0.2, -0.15) is 114 Å². The summed E-state index contributed by atoms with van der Waals surface area (Å²) in [5, 5.41) is 1.48. The summed E-state index contributed by atoms with van der Waals surface area (Å²) >= 11 is 12.3. The van der Waals surface area contributed by atoms with Gasteiger partial charge in [-0.25, -0.2) is 11.6 Å². The Bertz CT molecular complexity index is 1330. The molecule has 42 heavy (non-hydrogen) atoms. The molecule has 0 saturated heterocycles. The monoisotopic (exact) mass is 708 g/mol. The number of fused-ring (bicyclic) bond motifs is 3. The van der Waals surface area contributed by atoms with Gasteiger partial charge in [-0.05, 0) is 12.0 Å². The summed E-state index contributed by atoms with van der Waals surface area (Å²) in [4.78, 5) is 0. The topological polar surface area (TPSA) is 0 Å². The normalized spacial score (nSPS) is 12.5. The number of allylic oxidation sites excluding steroid dienone is 4. The number of halogens is 4. The number of hydrogen-bond acceptors (Lipinski definition) is 0. The first kappa shape index (κ1) is 39.8. The fourth-order valence-electron chi connectivity index (χ4n) is 3.86. The molecule has 0 radical (unpaired) electrons. The number of benzene rings is 4. The van der Waals surface area contributed by atoms with Crippen LogP contribution in [0.1, 0.15) is 36.1 Å². The molecule has 218 valence electrons. The van der Waals surface area contributed by atoms with Crippen LogP contribution in [-0.2, 0) is 30.7 Å². The molecular formula is C37H34Cl4Zr-4. The molecule has 5 heteroatoms. The molecule has 2 aliphatic carbocycles. The van der Waals surface area contributed by atoms with Crippen LogP contribution >= 0.6 is 48.0 Å². The van der Waals surface area contributed by atoms with Crippen molar-refractivity contribution < 1.29 is 24.2 Å². The van der Waals surface area contributed by atoms with E-state index in [-0.39, 0.29) is 24.8 Å². The quantitative estimate of drug-likeness (QED) is 0.160. The minimum atomic E-state index is 0. The second-order valence-corrected chi connectivity index (χ2v) is 9.65. The molecule has 0 aliphatic heterocycles. The molecule has 0 aromatic heterocycles. The number of hydrogen-bond donors (Lipinski definition) is 0. The molecule has 0 saturated carbocycles. The standard InChI is InChI=1S/C17H13.C7H9.2C6H4Cl.CH2.2ClH.Zr/c1-3-12-5-7-14-11-15-8-6-13(4-2)10-17(15)16(14)9-12;1-6-3-4-7(2)5-6;2*7-6-4-2-1-3-5-6;;;;/h3-7,9-10H,1-2,11H2;3,5,7H,1-2H3;2*1-2,4-5H;1H2;2*1H;/q4*-1;;;;. The average molecular weight is 712 g/mol. The summed E-state index contributed by atoms with van der Waals surface area (Å²) in [6.45, 7) is 11.9. The Labute approximate surface area is 290 Å². The van der Waals surface area contributed by atoms with Crippen LogP contribution in [0, 0.1) is 30.2 Å². The van der Waals surface area contributed by atoms with E-state index in [4.69, 9.17) is 23.2 Å². The molecule has 0 bridgehead atoms. The third-order valence-corrected chi connectivity index (χ3v) is 6.21. The van der Waals surface area contributed by atoms with Crippen LogP contribution in [0.25, 0.3) is 23.3 Å². The van der Waals surface area contributed by atoms with Gasteiger partial charge in [0.1, 0.15) is 0 Å². The van der Waals surface area contributed by atoms with Crippen molar-refractivity contribution in [2.24, 2.45) is 5.92 Å². The van der Waals surface area contributed by atoms with Gasteiger partial charge in [-0.1, -0.05) is 64.9 Å². The summed E-state index contributed by atoms with van der Waals surface area (Å²) in [6, 6.07) is 34.1. The molecule has 2 aliphatic rings. The molecule has 0 amide bonds. The van der Waals surface area contributed by atoms with Crippen molar-refractivity contribution in [3.63, 3.8) is 0 Å². The van der Waals surface area contributed by atoms with Crippen molar-refractivity contribution in [1.29, 1.82) is 0 Å². The second kappa shape index (κ2) is 22.3. The summed E-state index contributed by atoms with van der Waals surface area (Å²) in [7, 11) is 0. The van der Waals surface area contributed by atoms with E-state index >= 15 is 0 Å². The maximum absolute atomic E-state index is 5.51. The van der Waals surface area contributed by atoms with Gasteiger partial charge in [0.15, 0.2) is 0 Å². The van der Waals surface area contributed by atoms with Crippen molar-refractivity contribution in [2.45, 2.75) is 20.3 Å². The predicted octanol–water partition coefficient (Wildman–Crippen LogP) is 11.4. The van der Waals surface area contributed by atoms with Crippen LogP contribution in [0.15, 0.2) is 110 Å². The molecule has 0 nitrogen and oxygen atoms in total. The summed E-state index contributed by atoms with van der Waals surface area (Å²) in [5.74, 6) is 0.556. The molecule has 4 aromatic carbocycles. The van der Waals surface area contributed by atoms with Gasteiger partial charge in [0.2, 0.25) is 0 Å². The van der Waals surface area contributed by atoms with Crippen molar-refractivity contribution >= 4 is 64.4 Å². The van der Waals surface area contributed by atoms with E-state index < -0.39 is 0 Å². The molecule has 1 unspecified atom stereocenters. The van der Waals surface area contributed by atoms with Gasteiger partial charge in [-0.3, -0.25) is 6.08 Å². The first-order chi connectivity index (χ1) is 19.4. The molecule has 0 spiro atoms. The minimum absolute atomic E-state index is 0. The molecule has 0 fully saturated rings. The summed E-state index contributed by atoms with van der Waals surface area (Å²) in [6.07, 6.45) is 12.1. The van der Waals surface area contributed by atoms with Gasteiger partial charge >= 0.3 is 28.4 Å². The van der Waals surface area contributed by atoms with Crippen LogP contribution < -0.4 is 0 Å². The maximum atomic E-state index is 5.51. The molecule has 0 N–H and O–H groups in total. The van der Waals surface area contributed by atoms with Gasteiger partial charge < -0.3 is 0 Å². The van der Waals surface area contributed by atoms with Gasteiger partial charge in [0.05, 0.1) is 0 Å². The van der Waals surface area contributed by atoms with E-state index in [1.54, 1.807) is 12.1 Å². The van der Waals surface area contributed by atoms with E-state index in [0.29, 0.717) is 5.92 Å². The Morgan fingerprint density at radius 1 is 0.833 bits per heavy atom. The van der Waals surface area contributed by atoms with Gasteiger partial charge in [0.25, 0.3) is 0 Å². The van der Waals surface area contributed by atoms with Gasteiger partial charge in [-0.15, -0.1) is 55.5 Å². The zero-order valence-corrected chi connectivity index (χ0v) is 29.4. The van der Waals surface area contributed by atoms with E-state index in [1.807, 2.05) is 60.7 Å². The van der Waals surface area contributed by atoms with Crippen LogP contribution in [0.4, 0.5) is 0 Å². The number of rotatable bonds is 2. The van der Waals surface area contributed by atoms with Crippen LogP contribution in [-0.4, -0.2) is 4.21 Å². The molecule has 4 aromatic rings. The Morgan fingerprint density at radius 2 is 1.40 bits per heavy atom. The fourth-order valence-corrected chi connectivity index (χ4v) is 4.13. The van der Waals surface area contributed by atoms with Crippen molar-refractivity contribution in [1.82, 2.24) is 0 Å². The SMILES string of the molecule is C=Cc1c[c-]c2c(c1)-c1cc(C=C)ccc1C2.CC1=CC(C)[C-]=C1.Cl.Cl.Clc1c[c-]ccc1.Clc1c[c-]ccc1.[CH2]=[Zr]. The third-order valence-electron chi connectivity index (χ3n) is 5.74. The third kappa shape index (κ3) is 13.8. The Hall–Kier alpha value is -2.25. The van der Waals surface area contributed by atoms with Crippen LogP contribution in [0.3, 0.4) is 0 Å². The van der Waals surface area contributed by atoms with E-state index in [2.05, 4.69) is 85.8 Å². The summed E-state index contributed by atoms with van der Waals surface area (Å²) in [5.41, 5.74) is 8.90. The Morgan fingerprint density at radius 3 is 1.79 bits per heavy atom. The fraction of sp³-hybridized carbons (Fsp3) is 0.108. The van der Waals surface area contributed by atoms with E-state index in [0.717, 1.165) is 22.0 Å². The van der Waals surface area contributed by atoms with E-state index in [1.165, 1.54) is 57.6 Å². The zero-order valence-electron chi connectivity index (χ0n) is 23.8. The van der Waals surface area contributed by atoms with Crippen LogP contribution in [0.5, 0.6) is 0 Å². The zero-order chi connectivity index (χ0) is 29.3. The first-order valence-corrected chi connectivity index (χ1v) is 15.2. The molecule has 6 rings (SSSR count). The van der Waals surface area contributed by atoms with E-state index in [9.17, 15) is 0 Å². The van der Waals surface area contributed by atoms with Crippen molar-refractivity contribution in [3.8, 4) is 11.1 Å². The molecular weight excluding hydrogens is 677 g/mol. The van der Waals surface area contributed by atoms with Crippen molar-refractivity contribution in [3.05, 3.63) is 166 Å². The van der Waals surface area contributed by atoms with Crippen molar-refractivity contribution in [2.75, 3.05) is 0 Å². The Kier molecular flexibility index (Phi) is 21.1. The average Bonchev–Trinajstić information content (AvgIpc) is 3.56. The molecule has 1 atom stereocenters. The predicted molar refractivity (Wildman–Crippen MR) is 187 cm³/mol. The summed E-state index contributed by atoms with van der Waals surface area (Å²) < 4.78 is 3.34. The van der Waals surface area contributed by atoms with Gasteiger partial charge in [0, 0.05) is 0 Å². The Balaban J connectivity index is 0.000000568.